The van der Waals surface area contributed by atoms with Crippen LogP contribution in [0, 0.1) is 6.92 Å². The minimum atomic E-state index is -2.99. The van der Waals surface area contributed by atoms with E-state index < -0.39 is 10.0 Å². The summed E-state index contributed by atoms with van der Waals surface area (Å²) in [5.74, 6) is 1.61. The van der Waals surface area contributed by atoms with Crippen molar-refractivity contribution in [3.05, 3.63) is 23.7 Å². The average molecular weight is 364 g/mol. The highest BCUT2D eigenvalue weighted by Crippen LogP contribution is 2.27. The van der Waals surface area contributed by atoms with E-state index in [1.54, 1.807) is 4.31 Å². The minimum absolute atomic E-state index is 0.307. The smallest absolute Gasteiger partial charge is 0.214 e. The monoisotopic (exact) mass is 364 g/mol. The van der Waals surface area contributed by atoms with Gasteiger partial charge in [-0.2, -0.15) is 9.61 Å². The molecule has 0 aliphatic carbocycles. The van der Waals surface area contributed by atoms with Crippen molar-refractivity contribution >= 4 is 15.7 Å². The third-order valence-electron chi connectivity index (χ3n) is 5.24. The normalized spacial score (nSPS) is 22.8. The van der Waals surface area contributed by atoms with E-state index in [0.29, 0.717) is 24.8 Å². The third kappa shape index (κ3) is 3.40. The van der Waals surface area contributed by atoms with Gasteiger partial charge in [0.2, 0.25) is 10.0 Å². The molecule has 4 heterocycles. The second-order valence-electron chi connectivity index (χ2n) is 6.99. The number of fused-ring (bicyclic) bond motifs is 1. The molecule has 2 saturated heterocycles. The Labute approximate surface area is 147 Å². The lowest BCUT2D eigenvalue weighted by Gasteiger charge is -2.31. The number of aromatic nitrogens is 4. The topological polar surface area (TPSA) is 83.7 Å². The van der Waals surface area contributed by atoms with E-state index in [2.05, 4.69) is 20.2 Å². The second-order valence-corrected chi connectivity index (χ2v) is 9.08. The zero-order valence-corrected chi connectivity index (χ0v) is 15.3. The van der Waals surface area contributed by atoms with Gasteiger partial charge < -0.3 is 4.90 Å². The molecule has 2 fully saturated rings. The lowest BCUT2D eigenvalue weighted by Crippen LogP contribution is -2.40. The molecule has 0 atom stereocenters. The van der Waals surface area contributed by atoms with Crippen molar-refractivity contribution in [3.8, 4) is 0 Å². The zero-order chi connectivity index (χ0) is 17.4. The first kappa shape index (κ1) is 16.9. The maximum Gasteiger partial charge on any atom is 0.214 e. The van der Waals surface area contributed by atoms with E-state index >= 15 is 0 Å². The Bertz CT molecular complexity index is 857. The van der Waals surface area contributed by atoms with Gasteiger partial charge in [0, 0.05) is 25.6 Å². The molecule has 2 aromatic rings. The van der Waals surface area contributed by atoms with Crippen LogP contribution in [0.25, 0.3) is 5.65 Å². The number of piperidine rings is 1. The molecule has 2 aliphatic rings. The molecular formula is C16H24N6O2S. The van der Waals surface area contributed by atoms with Gasteiger partial charge in [0.15, 0.2) is 11.5 Å². The molecule has 0 N–H and O–H groups in total. The molecule has 2 aliphatic heterocycles. The molecule has 136 valence electrons. The summed E-state index contributed by atoms with van der Waals surface area (Å²) >= 11 is 0. The first-order valence-electron chi connectivity index (χ1n) is 8.92. The third-order valence-corrected chi connectivity index (χ3v) is 7.20. The fourth-order valence-corrected chi connectivity index (χ4v) is 5.28. The predicted octanol–water partition coefficient (Wildman–Crippen LogP) is 0.648. The highest BCUT2D eigenvalue weighted by molar-refractivity contribution is 7.89. The van der Waals surface area contributed by atoms with Crippen LogP contribution < -0.4 is 0 Å². The summed E-state index contributed by atoms with van der Waals surface area (Å²) in [5, 5.41) is 13.1. The van der Waals surface area contributed by atoms with Crippen LogP contribution in [0.1, 0.15) is 36.7 Å². The number of hydrogen-bond donors (Lipinski definition) is 0. The second kappa shape index (κ2) is 6.62. The van der Waals surface area contributed by atoms with Crippen LogP contribution in [0.5, 0.6) is 0 Å². The number of aryl methyl sites for hydroxylation is 1. The zero-order valence-electron chi connectivity index (χ0n) is 14.5. The molecule has 0 spiro atoms. The van der Waals surface area contributed by atoms with Gasteiger partial charge in [-0.25, -0.2) is 12.7 Å². The Balaban J connectivity index is 1.36. The Morgan fingerprint density at radius 3 is 2.64 bits per heavy atom. The lowest BCUT2D eigenvalue weighted by atomic mass is 9.96. The van der Waals surface area contributed by atoms with E-state index in [0.717, 1.165) is 56.1 Å². The fraction of sp³-hybridized carbons (Fsp3) is 0.688. The summed E-state index contributed by atoms with van der Waals surface area (Å²) in [7, 11) is -2.99. The maximum absolute atomic E-state index is 11.9. The van der Waals surface area contributed by atoms with Crippen LogP contribution in [0.3, 0.4) is 0 Å². The summed E-state index contributed by atoms with van der Waals surface area (Å²) in [5.41, 5.74) is 1.75. The maximum atomic E-state index is 11.9. The van der Waals surface area contributed by atoms with Crippen molar-refractivity contribution in [2.45, 2.75) is 32.1 Å². The molecule has 0 radical (unpaired) electrons. The number of nitrogens with zero attached hydrogens (tertiary/aromatic N) is 6. The molecule has 0 amide bonds. The van der Waals surface area contributed by atoms with Crippen LogP contribution in [0.15, 0.2) is 12.1 Å². The van der Waals surface area contributed by atoms with Crippen LogP contribution in [-0.4, -0.2) is 75.9 Å². The Hall–Kier alpha value is -1.58. The van der Waals surface area contributed by atoms with Crippen molar-refractivity contribution < 1.29 is 8.42 Å². The molecule has 0 aromatic carbocycles. The summed E-state index contributed by atoms with van der Waals surface area (Å²) in [4.78, 5) is 2.35. The molecular weight excluding hydrogens is 340 g/mol. The highest BCUT2D eigenvalue weighted by atomic mass is 32.2. The van der Waals surface area contributed by atoms with E-state index in [1.807, 2.05) is 23.6 Å². The van der Waals surface area contributed by atoms with Crippen LogP contribution in [0.2, 0.25) is 0 Å². The molecule has 25 heavy (non-hydrogen) atoms. The molecule has 0 saturated carbocycles. The number of sulfonamides is 1. The summed E-state index contributed by atoms with van der Waals surface area (Å²) in [6, 6.07) is 3.90. The number of rotatable bonds is 4. The van der Waals surface area contributed by atoms with Gasteiger partial charge in [-0.3, -0.25) is 0 Å². The molecule has 9 heteroatoms. The van der Waals surface area contributed by atoms with Gasteiger partial charge in [0.05, 0.1) is 11.4 Å². The van der Waals surface area contributed by atoms with Crippen molar-refractivity contribution in [1.29, 1.82) is 0 Å². The van der Waals surface area contributed by atoms with Crippen molar-refractivity contribution in [3.63, 3.8) is 0 Å². The number of hydrogen-bond acceptors (Lipinski definition) is 6. The standard InChI is InChI=1S/C16H24N6O2S/c1-13-3-4-15-17-18-16(22(15)19-13)14-5-8-20(9-6-14)10-11-21-7-2-12-25(21,23)24/h3-4,14H,2,5-12H2,1H3. The lowest BCUT2D eigenvalue weighted by molar-refractivity contribution is 0.197. The van der Waals surface area contributed by atoms with Crippen LogP contribution in [-0.2, 0) is 10.0 Å². The molecule has 8 nitrogen and oxygen atoms in total. The predicted molar refractivity (Wildman–Crippen MR) is 93.9 cm³/mol. The Morgan fingerprint density at radius 1 is 1.12 bits per heavy atom. The Kier molecular flexibility index (Phi) is 4.47. The van der Waals surface area contributed by atoms with Crippen LogP contribution in [0.4, 0.5) is 0 Å². The molecule has 4 rings (SSSR count). The van der Waals surface area contributed by atoms with Gasteiger partial charge in [-0.1, -0.05) is 0 Å². The first-order chi connectivity index (χ1) is 12.0. The van der Waals surface area contributed by atoms with E-state index in [4.69, 9.17) is 0 Å². The van der Waals surface area contributed by atoms with Crippen molar-refractivity contribution in [1.82, 2.24) is 29.0 Å². The van der Waals surface area contributed by atoms with Gasteiger partial charge in [-0.15, -0.1) is 10.2 Å². The average Bonchev–Trinajstić information content (AvgIpc) is 3.16. The van der Waals surface area contributed by atoms with Gasteiger partial charge in [0.1, 0.15) is 0 Å². The van der Waals surface area contributed by atoms with E-state index in [-0.39, 0.29) is 0 Å². The molecule has 2 aromatic heterocycles. The van der Waals surface area contributed by atoms with Crippen LogP contribution >= 0.6 is 0 Å². The highest BCUT2D eigenvalue weighted by Gasteiger charge is 2.29. The Morgan fingerprint density at radius 2 is 1.92 bits per heavy atom. The van der Waals surface area contributed by atoms with Gasteiger partial charge in [-0.05, 0) is 51.4 Å². The van der Waals surface area contributed by atoms with E-state index in [9.17, 15) is 8.42 Å². The largest absolute Gasteiger partial charge is 0.302 e. The minimum Gasteiger partial charge on any atom is -0.302 e. The summed E-state index contributed by atoms with van der Waals surface area (Å²) < 4.78 is 27.3. The first-order valence-corrected chi connectivity index (χ1v) is 10.5. The van der Waals surface area contributed by atoms with Gasteiger partial charge in [0.25, 0.3) is 0 Å². The van der Waals surface area contributed by atoms with E-state index in [1.165, 1.54) is 0 Å². The molecule has 0 unspecified atom stereocenters. The van der Waals surface area contributed by atoms with Gasteiger partial charge >= 0.3 is 0 Å². The SMILES string of the molecule is Cc1ccc2nnc(C3CCN(CCN4CCCS4(=O)=O)CC3)n2n1. The molecule has 0 bridgehead atoms. The summed E-state index contributed by atoms with van der Waals surface area (Å²) in [6.45, 7) is 5.98. The van der Waals surface area contributed by atoms with Crippen molar-refractivity contribution in [2.24, 2.45) is 0 Å². The fourth-order valence-electron chi connectivity index (χ4n) is 3.76. The number of likely N-dealkylation sites (tertiary alicyclic amines) is 1. The quantitative estimate of drug-likeness (QED) is 0.792. The van der Waals surface area contributed by atoms with Crippen molar-refractivity contribution in [2.75, 3.05) is 38.5 Å². The summed E-state index contributed by atoms with van der Waals surface area (Å²) in [6.07, 6.45) is 2.77.